The predicted molar refractivity (Wildman–Crippen MR) is 103 cm³/mol. The molecule has 3 rings (SSSR count). The molecule has 6 heteroatoms. The molecule has 0 atom stereocenters. The van der Waals surface area contributed by atoms with E-state index in [2.05, 4.69) is 15.3 Å². The minimum Gasteiger partial charge on any atom is -0.356 e. The Hall–Kier alpha value is -1.82. The van der Waals surface area contributed by atoms with Gasteiger partial charge in [0.2, 0.25) is 5.91 Å². The number of thioether (sulfide) groups is 1. The SMILES string of the molecule is CC(=O)NC[C@H]1CC[C@H](SCc2nc3c(C)cccc3c(=O)[nH]2)CC1. The second kappa shape index (κ2) is 8.04. The van der Waals surface area contributed by atoms with Gasteiger partial charge in [-0.25, -0.2) is 4.98 Å². The van der Waals surface area contributed by atoms with Crippen molar-refractivity contribution in [1.82, 2.24) is 15.3 Å². The lowest BCUT2D eigenvalue weighted by molar-refractivity contribution is -0.119. The molecule has 1 amide bonds. The van der Waals surface area contributed by atoms with Gasteiger partial charge in [0, 0.05) is 18.7 Å². The van der Waals surface area contributed by atoms with Crippen molar-refractivity contribution in [2.45, 2.75) is 50.5 Å². The number of hydrogen-bond acceptors (Lipinski definition) is 4. The zero-order chi connectivity index (χ0) is 17.8. The molecule has 0 saturated heterocycles. The number of hydrogen-bond donors (Lipinski definition) is 2. The van der Waals surface area contributed by atoms with Crippen LogP contribution in [0.1, 0.15) is 44.0 Å². The summed E-state index contributed by atoms with van der Waals surface area (Å²) in [5.74, 6) is 2.15. The van der Waals surface area contributed by atoms with Gasteiger partial charge >= 0.3 is 0 Å². The second-order valence-electron chi connectivity index (χ2n) is 6.87. The zero-order valence-electron chi connectivity index (χ0n) is 14.8. The Balaban J connectivity index is 1.56. The molecule has 1 saturated carbocycles. The third-order valence-corrected chi connectivity index (χ3v) is 6.26. The number of benzene rings is 1. The van der Waals surface area contributed by atoms with E-state index < -0.39 is 0 Å². The molecular formula is C19H25N3O2S. The molecule has 2 aromatic rings. The van der Waals surface area contributed by atoms with Crippen LogP contribution >= 0.6 is 11.8 Å². The van der Waals surface area contributed by atoms with Crippen LogP contribution in [0.2, 0.25) is 0 Å². The molecule has 0 aliphatic heterocycles. The first-order chi connectivity index (χ1) is 12.0. The minimum absolute atomic E-state index is 0.0525. The number of aromatic nitrogens is 2. The number of nitrogens with zero attached hydrogens (tertiary/aromatic N) is 1. The molecule has 2 N–H and O–H groups in total. The number of amides is 1. The van der Waals surface area contributed by atoms with Crippen molar-refractivity contribution in [3.63, 3.8) is 0 Å². The lowest BCUT2D eigenvalue weighted by Gasteiger charge is -2.28. The Morgan fingerprint density at radius 3 is 2.80 bits per heavy atom. The maximum atomic E-state index is 12.2. The van der Waals surface area contributed by atoms with Crippen LogP contribution in [0.3, 0.4) is 0 Å². The van der Waals surface area contributed by atoms with Gasteiger partial charge in [-0.2, -0.15) is 11.8 Å². The van der Waals surface area contributed by atoms with Crippen molar-refractivity contribution in [2.75, 3.05) is 6.54 Å². The fourth-order valence-corrected chi connectivity index (χ4v) is 4.54. The first kappa shape index (κ1) is 18.0. The van der Waals surface area contributed by atoms with Gasteiger partial charge in [0.1, 0.15) is 5.82 Å². The third kappa shape index (κ3) is 4.63. The maximum absolute atomic E-state index is 12.2. The Labute approximate surface area is 152 Å². The van der Waals surface area contributed by atoms with E-state index in [9.17, 15) is 9.59 Å². The zero-order valence-corrected chi connectivity index (χ0v) is 15.6. The number of nitrogens with one attached hydrogen (secondary N) is 2. The van der Waals surface area contributed by atoms with E-state index in [-0.39, 0.29) is 11.5 Å². The van der Waals surface area contributed by atoms with Crippen LogP contribution in [0.4, 0.5) is 0 Å². The summed E-state index contributed by atoms with van der Waals surface area (Å²) in [5, 5.41) is 4.18. The van der Waals surface area contributed by atoms with E-state index in [4.69, 9.17) is 0 Å². The lowest BCUT2D eigenvalue weighted by Crippen LogP contribution is -2.30. The Bertz CT molecular complexity index is 810. The van der Waals surface area contributed by atoms with Crippen LogP contribution < -0.4 is 10.9 Å². The molecule has 0 spiro atoms. The van der Waals surface area contributed by atoms with Gasteiger partial charge in [-0.1, -0.05) is 12.1 Å². The number of aryl methyl sites for hydroxylation is 1. The number of fused-ring (bicyclic) bond motifs is 1. The molecule has 1 aliphatic rings. The van der Waals surface area contributed by atoms with Crippen LogP contribution in [-0.4, -0.2) is 27.7 Å². The van der Waals surface area contributed by atoms with Gasteiger partial charge in [0.15, 0.2) is 0 Å². The Kier molecular flexibility index (Phi) is 5.78. The number of rotatable bonds is 5. The highest BCUT2D eigenvalue weighted by Gasteiger charge is 2.22. The first-order valence-electron chi connectivity index (χ1n) is 8.87. The van der Waals surface area contributed by atoms with E-state index in [0.29, 0.717) is 16.6 Å². The molecule has 1 aliphatic carbocycles. The summed E-state index contributed by atoms with van der Waals surface area (Å²) < 4.78 is 0. The van der Waals surface area contributed by atoms with Crippen LogP contribution in [-0.2, 0) is 10.5 Å². The second-order valence-corrected chi connectivity index (χ2v) is 8.16. The highest BCUT2D eigenvalue weighted by atomic mass is 32.2. The van der Waals surface area contributed by atoms with Gasteiger partial charge in [-0.05, 0) is 50.2 Å². The molecule has 1 aromatic heterocycles. The fourth-order valence-electron chi connectivity index (χ4n) is 3.41. The van der Waals surface area contributed by atoms with Crippen molar-refractivity contribution in [3.8, 4) is 0 Å². The van der Waals surface area contributed by atoms with Gasteiger partial charge < -0.3 is 10.3 Å². The summed E-state index contributed by atoms with van der Waals surface area (Å²) >= 11 is 1.88. The molecule has 5 nitrogen and oxygen atoms in total. The minimum atomic E-state index is -0.0525. The average Bonchev–Trinajstić information content (AvgIpc) is 2.60. The third-order valence-electron chi connectivity index (χ3n) is 4.88. The molecule has 134 valence electrons. The van der Waals surface area contributed by atoms with E-state index in [1.165, 1.54) is 0 Å². The van der Waals surface area contributed by atoms with Crippen LogP contribution in [0.25, 0.3) is 10.9 Å². The molecule has 1 fully saturated rings. The van der Waals surface area contributed by atoms with Gasteiger partial charge in [-0.3, -0.25) is 9.59 Å². The van der Waals surface area contributed by atoms with Crippen molar-refractivity contribution < 1.29 is 4.79 Å². The van der Waals surface area contributed by atoms with Crippen LogP contribution in [0.15, 0.2) is 23.0 Å². The summed E-state index contributed by atoms with van der Waals surface area (Å²) in [6, 6.07) is 5.70. The van der Waals surface area contributed by atoms with Gasteiger partial charge in [0.25, 0.3) is 5.56 Å². The highest BCUT2D eigenvalue weighted by Crippen LogP contribution is 2.33. The lowest BCUT2D eigenvalue weighted by atomic mass is 9.89. The molecule has 25 heavy (non-hydrogen) atoms. The van der Waals surface area contributed by atoms with E-state index >= 15 is 0 Å². The molecule has 1 heterocycles. The average molecular weight is 359 g/mol. The quantitative estimate of drug-likeness (QED) is 0.860. The molecule has 0 unspecified atom stereocenters. The van der Waals surface area contributed by atoms with E-state index in [1.807, 2.05) is 36.9 Å². The summed E-state index contributed by atoms with van der Waals surface area (Å²) in [4.78, 5) is 30.8. The largest absolute Gasteiger partial charge is 0.356 e. The smallest absolute Gasteiger partial charge is 0.258 e. The highest BCUT2D eigenvalue weighted by molar-refractivity contribution is 7.99. The van der Waals surface area contributed by atoms with Crippen molar-refractivity contribution >= 4 is 28.6 Å². The predicted octanol–water partition coefficient (Wildman–Crippen LogP) is 3.16. The molecule has 0 bridgehead atoms. The molecular weight excluding hydrogens is 334 g/mol. The monoisotopic (exact) mass is 359 g/mol. The summed E-state index contributed by atoms with van der Waals surface area (Å²) in [6.07, 6.45) is 4.62. The molecule has 0 radical (unpaired) electrons. The number of carbonyl (C=O) groups excluding carboxylic acids is 1. The number of H-pyrrole nitrogens is 1. The van der Waals surface area contributed by atoms with Crippen LogP contribution in [0, 0.1) is 12.8 Å². The maximum Gasteiger partial charge on any atom is 0.258 e. The Morgan fingerprint density at radius 2 is 2.08 bits per heavy atom. The fraction of sp³-hybridized carbons (Fsp3) is 0.526. The Morgan fingerprint density at radius 1 is 1.32 bits per heavy atom. The summed E-state index contributed by atoms with van der Waals surface area (Å²) in [7, 11) is 0. The van der Waals surface area contributed by atoms with E-state index in [1.54, 1.807) is 6.92 Å². The van der Waals surface area contributed by atoms with Crippen LogP contribution in [0.5, 0.6) is 0 Å². The summed E-state index contributed by atoms with van der Waals surface area (Å²) in [6.45, 7) is 4.36. The number of para-hydroxylation sites is 1. The van der Waals surface area contributed by atoms with Crippen molar-refractivity contribution in [1.29, 1.82) is 0 Å². The van der Waals surface area contributed by atoms with Crippen molar-refractivity contribution in [2.24, 2.45) is 5.92 Å². The number of carbonyl (C=O) groups is 1. The van der Waals surface area contributed by atoms with Gasteiger partial charge in [0.05, 0.1) is 16.7 Å². The topological polar surface area (TPSA) is 74.8 Å². The normalized spacial score (nSPS) is 20.6. The molecule has 1 aromatic carbocycles. The van der Waals surface area contributed by atoms with Crippen molar-refractivity contribution in [3.05, 3.63) is 39.9 Å². The first-order valence-corrected chi connectivity index (χ1v) is 9.92. The number of aromatic amines is 1. The standard InChI is InChI=1S/C19H25N3O2S/c1-12-4-3-5-16-18(12)21-17(22-19(16)24)11-25-15-8-6-14(7-9-15)10-20-13(2)23/h3-5,14-15H,6-11H2,1-2H3,(H,20,23)(H,21,22,24)/t14-,15-. The van der Waals surface area contributed by atoms with Gasteiger partial charge in [-0.15, -0.1) is 0 Å². The summed E-state index contributed by atoms with van der Waals surface area (Å²) in [5.41, 5.74) is 1.79. The van der Waals surface area contributed by atoms with E-state index in [0.717, 1.165) is 54.9 Å².